The number of amides is 2. The second-order valence-corrected chi connectivity index (χ2v) is 6.65. The lowest BCUT2D eigenvalue weighted by Gasteiger charge is -2.26. The van der Waals surface area contributed by atoms with Gasteiger partial charge in [0, 0.05) is 29.9 Å². The van der Waals surface area contributed by atoms with Crippen molar-refractivity contribution in [2.45, 2.75) is 33.1 Å². The van der Waals surface area contributed by atoms with Crippen molar-refractivity contribution in [2.75, 3.05) is 18.4 Å². The molecule has 4 nitrogen and oxygen atoms in total. The third kappa shape index (κ3) is 3.90. The van der Waals surface area contributed by atoms with Gasteiger partial charge in [-0.05, 0) is 62.4 Å². The first-order chi connectivity index (χ1) is 12.1. The highest BCUT2D eigenvalue weighted by Crippen LogP contribution is 2.21. The summed E-state index contributed by atoms with van der Waals surface area (Å²) in [5.41, 5.74) is 3.96. The average molecular weight is 336 g/mol. The van der Waals surface area contributed by atoms with Gasteiger partial charge < -0.3 is 10.2 Å². The van der Waals surface area contributed by atoms with Gasteiger partial charge in [-0.25, -0.2) is 0 Å². The molecule has 130 valence electrons. The summed E-state index contributed by atoms with van der Waals surface area (Å²) in [6.07, 6.45) is 3.29. The minimum absolute atomic E-state index is 0.0152. The topological polar surface area (TPSA) is 49.4 Å². The Bertz CT molecular complexity index is 772. The maximum atomic E-state index is 12.6. The number of carbonyl (C=O) groups is 2. The molecule has 2 aromatic rings. The molecule has 0 unspecified atom stereocenters. The number of nitrogens with zero attached hydrogens (tertiary/aromatic N) is 1. The van der Waals surface area contributed by atoms with Crippen LogP contribution in [-0.4, -0.2) is 29.8 Å². The zero-order chi connectivity index (χ0) is 17.8. The van der Waals surface area contributed by atoms with Crippen LogP contribution in [0.25, 0.3) is 0 Å². The molecule has 4 heteroatoms. The molecule has 1 N–H and O–H groups in total. The summed E-state index contributed by atoms with van der Waals surface area (Å²) in [5, 5.41) is 2.98. The molecule has 3 rings (SSSR count). The van der Waals surface area contributed by atoms with Gasteiger partial charge in [-0.2, -0.15) is 0 Å². The normalized spacial score (nSPS) is 14.2. The Morgan fingerprint density at radius 2 is 1.48 bits per heavy atom. The Hall–Kier alpha value is -2.62. The van der Waals surface area contributed by atoms with Crippen LogP contribution in [0, 0.1) is 13.8 Å². The highest BCUT2D eigenvalue weighted by molar-refractivity contribution is 6.06. The maximum absolute atomic E-state index is 12.6. The number of anilines is 1. The Morgan fingerprint density at radius 3 is 2.16 bits per heavy atom. The molecule has 0 aliphatic carbocycles. The third-order valence-electron chi connectivity index (χ3n) is 4.73. The molecule has 1 aliphatic heterocycles. The number of piperidine rings is 1. The van der Waals surface area contributed by atoms with E-state index in [0.717, 1.165) is 42.7 Å². The van der Waals surface area contributed by atoms with Gasteiger partial charge in [-0.3, -0.25) is 9.59 Å². The summed E-state index contributed by atoms with van der Waals surface area (Å²) in [4.78, 5) is 27.1. The monoisotopic (exact) mass is 336 g/mol. The van der Waals surface area contributed by atoms with Crippen LogP contribution in [0.5, 0.6) is 0 Å². The van der Waals surface area contributed by atoms with Crippen molar-refractivity contribution in [3.8, 4) is 0 Å². The van der Waals surface area contributed by atoms with Gasteiger partial charge in [0.05, 0.1) is 0 Å². The van der Waals surface area contributed by atoms with Gasteiger partial charge in [0.2, 0.25) is 0 Å². The van der Waals surface area contributed by atoms with E-state index in [1.165, 1.54) is 6.42 Å². The maximum Gasteiger partial charge on any atom is 0.255 e. The number of likely N-dealkylation sites (tertiary alicyclic amines) is 1. The van der Waals surface area contributed by atoms with Crippen LogP contribution < -0.4 is 5.32 Å². The van der Waals surface area contributed by atoms with E-state index in [1.807, 2.05) is 36.9 Å². The number of para-hydroxylation sites is 1. The molecule has 0 atom stereocenters. The van der Waals surface area contributed by atoms with Gasteiger partial charge in [0.25, 0.3) is 11.8 Å². The molecule has 0 spiro atoms. The second-order valence-electron chi connectivity index (χ2n) is 6.65. The Morgan fingerprint density at radius 1 is 0.880 bits per heavy atom. The third-order valence-corrected chi connectivity index (χ3v) is 4.73. The molecule has 0 saturated carbocycles. The van der Waals surface area contributed by atoms with E-state index in [1.54, 1.807) is 24.3 Å². The summed E-state index contributed by atoms with van der Waals surface area (Å²) >= 11 is 0. The first-order valence-electron chi connectivity index (χ1n) is 8.83. The van der Waals surface area contributed by atoms with Crippen molar-refractivity contribution in [1.29, 1.82) is 0 Å². The van der Waals surface area contributed by atoms with Gasteiger partial charge in [-0.15, -0.1) is 0 Å². The highest BCUT2D eigenvalue weighted by Gasteiger charge is 2.19. The molecule has 0 bridgehead atoms. The fourth-order valence-electron chi connectivity index (χ4n) is 3.27. The molecule has 0 radical (unpaired) electrons. The Balaban J connectivity index is 1.78. The molecule has 1 fully saturated rings. The lowest BCUT2D eigenvalue weighted by atomic mass is 10.1. The van der Waals surface area contributed by atoms with Gasteiger partial charge in [0.15, 0.2) is 0 Å². The smallest absolute Gasteiger partial charge is 0.255 e. The summed E-state index contributed by atoms with van der Waals surface area (Å²) in [6, 6.07) is 12.9. The lowest BCUT2D eigenvalue weighted by Crippen LogP contribution is -2.35. The lowest BCUT2D eigenvalue weighted by molar-refractivity contribution is 0.0724. The van der Waals surface area contributed by atoms with E-state index in [4.69, 9.17) is 0 Å². The van der Waals surface area contributed by atoms with Gasteiger partial charge in [0.1, 0.15) is 0 Å². The number of aryl methyl sites for hydroxylation is 2. The predicted molar refractivity (Wildman–Crippen MR) is 100 cm³/mol. The minimum Gasteiger partial charge on any atom is -0.339 e. The zero-order valence-electron chi connectivity index (χ0n) is 14.8. The molecule has 25 heavy (non-hydrogen) atoms. The number of nitrogens with one attached hydrogen (secondary N) is 1. The molecular weight excluding hydrogens is 312 g/mol. The average Bonchev–Trinajstić information content (AvgIpc) is 2.65. The first kappa shape index (κ1) is 17.2. The van der Waals surface area contributed by atoms with Crippen molar-refractivity contribution in [3.63, 3.8) is 0 Å². The van der Waals surface area contributed by atoms with Crippen molar-refractivity contribution in [1.82, 2.24) is 4.90 Å². The molecule has 0 aromatic heterocycles. The van der Waals surface area contributed by atoms with Crippen LogP contribution in [-0.2, 0) is 0 Å². The molecular formula is C21H24N2O2. The van der Waals surface area contributed by atoms with Crippen molar-refractivity contribution < 1.29 is 9.59 Å². The van der Waals surface area contributed by atoms with Crippen molar-refractivity contribution in [3.05, 3.63) is 64.7 Å². The van der Waals surface area contributed by atoms with E-state index >= 15 is 0 Å². The quantitative estimate of drug-likeness (QED) is 0.914. The van der Waals surface area contributed by atoms with Crippen LogP contribution in [0.15, 0.2) is 42.5 Å². The molecule has 1 saturated heterocycles. The summed E-state index contributed by atoms with van der Waals surface area (Å²) < 4.78 is 0. The van der Waals surface area contributed by atoms with Crippen LogP contribution in [0.1, 0.15) is 51.1 Å². The molecule has 2 aromatic carbocycles. The standard InChI is InChI=1S/C21H24N2O2/c1-15-8-6-9-16(2)19(15)22-20(24)17-10-7-11-18(14-17)21(25)23-12-4-3-5-13-23/h6-11,14H,3-5,12-13H2,1-2H3,(H,22,24). The summed E-state index contributed by atoms with van der Waals surface area (Å²) in [5.74, 6) is -0.174. The zero-order valence-corrected chi connectivity index (χ0v) is 14.8. The number of benzene rings is 2. The van der Waals surface area contributed by atoms with Crippen LogP contribution in [0.4, 0.5) is 5.69 Å². The van der Waals surface area contributed by atoms with E-state index in [2.05, 4.69) is 5.32 Å². The van der Waals surface area contributed by atoms with Crippen molar-refractivity contribution in [2.24, 2.45) is 0 Å². The SMILES string of the molecule is Cc1cccc(C)c1NC(=O)c1cccc(C(=O)N2CCCCC2)c1. The first-order valence-corrected chi connectivity index (χ1v) is 8.83. The van der Waals surface area contributed by atoms with E-state index in [9.17, 15) is 9.59 Å². The van der Waals surface area contributed by atoms with Gasteiger partial charge in [-0.1, -0.05) is 24.3 Å². The van der Waals surface area contributed by atoms with Gasteiger partial charge >= 0.3 is 0 Å². The number of hydrogen-bond donors (Lipinski definition) is 1. The summed E-state index contributed by atoms with van der Waals surface area (Å²) in [6.45, 7) is 5.55. The second kappa shape index (κ2) is 7.51. The number of carbonyl (C=O) groups excluding carboxylic acids is 2. The fraction of sp³-hybridized carbons (Fsp3) is 0.333. The van der Waals surface area contributed by atoms with E-state index < -0.39 is 0 Å². The molecule has 1 heterocycles. The Kier molecular flexibility index (Phi) is 5.17. The van der Waals surface area contributed by atoms with Crippen LogP contribution in [0.2, 0.25) is 0 Å². The predicted octanol–water partition coefficient (Wildman–Crippen LogP) is 4.18. The van der Waals surface area contributed by atoms with Crippen LogP contribution in [0.3, 0.4) is 0 Å². The minimum atomic E-state index is -0.189. The largest absolute Gasteiger partial charge is 0.339 e. The fourth-order valence-corrected chi connectivity index (χ4v) is 3.27. The summed E-state index contributed by atoms with van der Waals surface area (Å²) in [7, 11) is 0. The molecule has 2 amide bonds. The number of hydrogen-bond acceptors (Lipinski definition) is 2. The van der Waals surface area contributed by atoms with Crippen LogP contribution >= 0.6 is 0 Å². The number of rotatable bonds is 3. The highest BCUT2D eigenvalue weighted by atomic mass is 16.2. The van der Waals surface area contributed by atoms with E-state index in [0.29, 0.717) is 11.1 Å². The Labute approximate surface area is 148 Å². The van der Waals surface area contributed by atoms with Crippen molar-refractivity contribution >= 4 is 17.5 Å². The van der Waals surface area contributed by atoms with E-state index in [-0.39, 0.29) is 11.8 Å². The molecule has 1 aliphatic rings.